The minimum Gasteiger partial charge on any atom is -0.309 e. The van der Waals surface area contributed by atoms with Crippen LogP contribution in [0.3, 0.4) is 0 Å². The molecular formula is C17H24N2S. The molecule has 108 valence electrons. The van der Waals surface area contributed by atoms with Gasteiger partial charge in [0, 0.05) is 17.1 Å². The van der Waals surface area contributed by atoms with Crippen molar-refractivity contribution in [3.63, 3.8) is 0 Å². The molecule has 20 heavy (non-hydrogen) atoms. The number of thiazole rings is 1. The van der Waals surface area contributed by atoms with Gasteiger partial charge in [-0.25, -0.2) is 4.98 Å². The zero-order valence-electron chi connectivity index (χ0n) is 12.9. The van der Waals surface area contributed by atoms with Crippen molar-refractivity contribution in [3.05, 3.63) is 51.0 Å². The average molecular weight is 288 g/mol. The third-order valence-corrected chi connectivity index (χ3v) is 4.58. The summed E-state index contributed by atoms with van der Waals surface area (Å²) in [6, 6.07) is 7.09. The van der Waals surface area contributed by atoms with E-state index in [4.69, 9.17) is 0 Å². The lowest BCUT2D eigenvalue weighted by atomic mass is 9.98. The first kappa shape index (κ1) is 15.2. The van der Waals surface area contributed by atoms with E-state index in [-0.39, 0.29) is 0 Å². The summed E-state index contributed by atoms with van der Waals surface area (Å²) in [4.78, 5) is 5.75. The molecule has 1 heterocycles. The standard InChI is InChI=1S/C17H24N2S/c1-5-8-18-16(17-11-19-14(4)20-17)10-15-9-12(2)6-7-13(15)3/h6-7,9,11,16,18H,5,8,10H2,1-4H3. The van der Waals surface area contributed by atoms with E-state index in [1.807, 2.05) is 6.20 Å². The van der Waals surface area contributed by atoms with Crippen molar-refractivity contribution in [1.82, 2.24) is 10.3 Å². The Morgan fingerprint density at radius 2 is 2.05 bits per heavy atom. The first-order chi connectivity index (χ1) is 9.60. The van der Waals surface area contributed by atoms with Gasteiger partial charge < -0.3 is 5.32 Å². The molecule has 0 spiro atoms. The van der Waals surface area contributed by atoms with Crippen LogP contribution >= 0.6 is 11.3 Å². The van der Waals surface area contributed by atoms with E-state index in [1.54, 1.807) is 11.3 Å². The summed E-state index contributed by atoms with van der Waals surface area (Å²) in [6.07, 6.45) is 4.22. The van der Waals surface area contributed by atoms with Crippen LogP contribution in [0.5, 0.6) is 0 Å². The van der Waals surface area contributed by atoms with Crippen molar-refractivity contribution < 1.29 is 0 Å². The van der Waals surface area contributed by atoms with Gasteiger partial charge in [-0.05, 0) is 51.3 Å². The Bertz CT molecular complexity index is 560. The molecule has 2 rings (SSSR count). The fraction of sp³-hybridized carbons (Fsp3) is 0.471. The Morgan fingerprint density at radius 1 is 1.25 bits per heavy atom. The molecule has 1 N–H and O–H groups in total. The molecule has 2 nitrogen and oxygen atoms in total. The summed E-state index contributed by atoms with van der Waals surface area (Å²) >= 11 is 1.80. The van der Waals surface area contributed by atoms with Crippen molar-refractivity contribution in [1.29, 1.82) is 0 Å². The van der Waals surface area contributed by atoms with Crippen molar-refractivity contribution in [2.45, 2.75) is 46.6 Å². The Hall–Kier alpha value is -1.19. The molecule has 1 atom stereocenters. The highest BCUT2D eigenvalue weighted by Gasteiger charge is 2.15. The third kappa shape index (κ3) is 3.90. The Labute approximate surface area is 126 Å². The molecular weight excluding hydrogens is 264 g/mol. The molecule has 0 radical (unpaired) electrons. The number of benzene rings is 1. The Kier molecular flexibility index (Phi) is 5.32. The second kappa shape index (κ2) is 7.00. The quantitative estimate of drug-likeness (QED) is 0.854. The summed E-state index contributed by atoms with van der Waals surface area (Å²) in [5.41, 5.74) is 4.14. The van der Waals surface area contributed by atoms with Gasteiger partial charge in [-0.15, -0.1) is 11.3 Å². The molecule has 0 fully saturated rings. The predicted molar refractivity (Wildman–Crippen MR) is 87.5 cm³/mol. The molecule has 1 aromatic carbocycles. The second-order valence-electron chi connectivity index (χ2n) is 5.42. The SMILES string of the molecule is CCCNC(Cc1cc(C)ccc1C)c1cnc(C)s1. The fourth-order valence-electron chi connectivity index (χ4n) is 2.37. The lowest BCUT2D eigenvalue weighted by Gasteiger charge is -2.18. The maximum absolute atomic E-state index is 4.41. The number of aryl methyl sites for hydroxylation is 3. The topological polar surface area (TPSA) is 24.9 Å². The maximum atomic E-state index is 4.41. The van der Waals surface area contributed by atoms with E-state index in [9.17, 15) is 0 Å². The average Bonchev–Trinajstić information content (AvgIpc) is 2.85. The summed E-state index contributed by atoms with van der Waals surface area (Å²) in [5.74, 6) is 0. The van der Waals surface area contributed by atoms with E-state index >= 15 is 0 Å². The highest BCUT2D eigenvalue weighted by molar-refractivity contribution is 7.11. The summed E-state index contributed by atoms with van der Waals surface area (Å²) in [7, 11) is 0. The molecule has 0 saturated carbocycles. The van der Waals surface area contributed by atoms with Crippen LogP contribution in [0.2, 0.25) is 0 Å². The first-order valence-corrected chi connectivity index (χ1v) is 8.13. The Balaban J connectivity index is 2.21. The summed E-state index contributed by atoms with van der Waals surface area (Å²) in [6.45, 7) is 9.69. The van der Waals surface area contributed by atoms with Crippen LogP contribution in [-0.2, 0) is 6.42 Å². The van der Waals surface area contributed by atoms with Crippen LogP contribution in [0.25, 0.3) is 0 Å². The normalized spacial score (nSPS) is 12.6. The van der Waals surface area contributed by atoms with E-state index < -0.39 is 0 Å². The fourth-order valence-corrected chi connectivity index (χ4v) is 3.23. The van der Waals surface area contributed by atoms with Crippen molar-refractivity contribution in [3.8, 4) is 0 Å². The number of rotatable bonds is 6. The number of nitrogens with one attached hydrogen (secondary N) is 1. The van der Waals surface area contributed by atoms with Gasteiger partial charge in [0.15, 0.2) is 0 Å². The van der Waals surface area contributed by atoms with Crippen LogP contribution in [0, 0.1) is 20.8 Å². The molecule has 1 aromatic heterocycles. The van der Waals surface area contributed by atoms with Crippen molar-refractivity contribution in [2.75, 3.05) is 6.54 Å². The van der Waals surface area contributed by atoms with Gasteiger partial charge in [0.05, 0.1) is 5.01 Å². The largest absolute Gasteiger partial charge is 0.309 e. The number of aromatic nitrogens is 1. The van der Waals surface area contributed by atoms with Crippen LogP contribution in [0.15, 0.2) is 24.4 Å². The first-order valence-electron chi connectivity index (χ1n) is 7.32. The van der Waals surface area contributed by atoms with Crippen LogP contribution in [-0.4, -0.2) is 11.5 Å². The second-order valence-corrected chi connectivity index (χ2v) is 6.69. The van der Waals surface area contributed by atoms with Crippen LogP contribution < -0.4 is 5.32 Å². The molecule has 1 unspecified atom stereocenters. The predicted octanol–water partition coefficient (Wildman–Crippen LogP) is 4.35. The Morgan fingerprint density at radius 3 is 2.70 bits per heavy atom. The number of nitrogens with zero attached hydrogens (tertiary/aromatic N) is 1. The lowest BCUT2D eigenvalue weighted by Crippen LogP contribution is -2.23. The molecule has 3 heteroatoms. The van der Waals surface area contributed by atoms with Gasteiger partial charge >= 0.3 is 0 Å². The van der Waals surface area contributed by atoms with Gasteiger partial charge in [0.25, 0.3) is 0 Å². The summed E-state index contributed by atoms with van der Waals surface area (Å²) < 4.78 is 0. The minimum atomic E-state index is 0.377. The minimum absolute atomic E-state index is 0.377. The summed E-state index contributed by atoms with van der Waals surface area (Å²) in [5, 5.41) is 4.81. The molecule has 0 saturated heterocycles. The highest BCUT2D eigenvalue weighted by atomic mass is 32.1. The lowest BCUT2D eigenvalue weighted by molar-refractivity contribution is 0.535. The van der Waals surface area contributed by atoms with Crippen LogP contribution in [0.4, 0.5) is 0 Å². The van der Waals surface area contributed by atoms with Crippen molar-refractivity contribution in [2.24, 2.45) is 0 Å². The zero-order valence-corrected chi connectivity index (χ0v) is 13.7. The monoisotopic (exact) mass is 288 g/mol. The number of hydrogen-bond acceptors (Lipinski definition) is 3. The van der Waals surface area contributed by atoms with Gasteiger partial charge in [0.1, 0.15) is 0 Å². The molecule has 0 aliphatic carbocycles. The van der Waals surface area contributed by atoms with Gasteiger partial charge in [-0.2, -0.15) is 0 Å². The van der Waals surface area contributed by atoms with Gasteiger partial charge in [-0.3, -0.25) is 0 Å². The third-order valence-electron chi connectivity index (χ3n) is 3.55. The van der Waals surface area contributed by atoms with Gasteiger partial charge in [0.2, 0.25) is 0 Å². The molecule has 0 bridgehead atoms. The van der Waals surface area contributed by atoms with E-state index in [2.05, 4.69) is 56.2 Å². The van der Waals surface area contributed by atoms with E-state index in [0.29, 0.717) is 6.04 Å². The van der Waals surface area contributed by atoms with E-state index in [1.165, 1.54) is 21.6 Å². The smallest absolute Gasteiger partial charge is 0.0897 e. The van der Waals surface area contributed by atoms with Crippen LogP contribution in [0.1, 0.15) is 46.0 Å². The molecule has 2 aromatic rings. The zero-order chi connectivity index (χ0) is 14.5. The highest BCUT2D eigenvalue weighted by Crippen LogP contribution is 2.25. The maximum Gasteiger partial charge on any atom is 0.0897 e. The number of hydrogen-bond donors (Lipinski definition) is 1. The molecule has 0 aliphatic rings. The van der Waals surface area contributed by atoms with Crippen molar-refractivity contribution >= 4 is 11.3 Å². The molecule has 0 amide bonds. The van der Waals surface area contributed by atoms with E-state index in [0.717, 1.165) is 24.4 Å². The van der Waals surface area contributed by atoms with Gasteiger partial charge in [-0.1, -0.05) is 30.7 Å². The molecule has 0 aliphatic heterocycles.